The lowest BCUT2D eigenvalue weighted by Crippen LogP contribution is -2.32. The molecule has 0 spiro atoms. The Labute approximate surface area is 125 Å². The van der Waals surface area contributed by atoms with Crippen molar-refractivity contribution in [1.29, 1.82) is 0 Å². The maximum Gasteiger partial charge on any atom is 0.224 e. The van der Waals surface area contributed by atoms with Gasteiger partial charge >= 0.3 is 0 Å². The Morgan fingerprint density at radius 2 is 1.90 bits per heavy atom. The van der Waals surface area contributed by atoms with Gasteiger partial charge in [-0.2, -0.15) is 0 Å². The van der Waals surface area contributed by atoms with Crippen LogP contribution in [0.4, 0.5) is 5.69 Å². The Morgan fingerprint density at radius 3 is 2.76 bits per heavy atom. The average molecular weight is 289 g/mol. The number of aliphatic hydroxyl groups is 1. The van der Waals surface area contributed by atoms with E-state index in [2.05, 4.69) is 5.32 Å². The number of amides is 1. The summed E-state index contributed by atoms with van der Waals surface area (Å²) in [5.41, 5.74) is 2.00. The summed E-state index contributed by atoms with van der Waals surface area (Å²) in [6, 6.07) is 5.78. The minimum atomic E-state index is -0.374. The predicted octanol–water partition coefficient (Wildman–Crippen LogP) is 3.03. The van der Waals surface area contributed by atoms with Gasteiger partial charge in [0.15, 0.2) is 0 Å². The molecule has 1 amide bonds. The summed E-state index contributed by atoms with van der Waals surface area (Å²) in [6.07, 6.45) is 7.17. The van der Waals surface area contributed by atoms with Gasteiger partial charge in [-0.1, -0.05) is 19.3 Å². The van der Waals surface area contributed by atoms with Crippen molar-refractivity contribution < 1.29 is 14.6 Å². The van der Waals surface area contributed by atoms with Crippen LogP contribution in [0, 0.1) is 0 Å². The molecule has 1 aromatic carbocycles. The molecule has 2 aliphatic rings. The molecule has 1 saturated carbocycles. The Bertz CT molecular complexity index is 515. The van der Waals surface area contributed by atoms with E-state index in [1.54, 1.807) is 0 Å². The number of anilines is 1. The van der Waals surface area contributed by atoms with Crippen LogP contribution in [0.1, 0.15) is 50.5 Å². The monoisotopic (exact) mass is 289 g/mol. The highest BCUT2D eigenvalue weighted by atomic mass is 16.5. The lowest BCUT2D eigenvalue weighted by molar-refractivity contribution is -0.116. The quantitative estimate of drug-likeness (QED) is 0.880. The first-order valence-electron chi connectivity index (χ1n) is 8.00. The van der Waals surface area contributed by atoms with Crippen molar-refractivity contribution in [3.63, 3.8) is 0 Å². The van der Waals surface area contributed by atoms with E-state index in [4.69, 9.17) is 4.74 Å². The number of hydrogen-bond acceptors (Lipinski definition) is 3. The lowest BCUT2D eigenvalue weighted by atomic mass is 9.96. The fourth-order valence-electron chi connectivity index (χ4n) is 3.18. The molecular weight excluding hydrogens is 266 g/mol. The molecule has 0 saturated heterocycles. The molecule has 4 nitrogen and oxygen atoms in total. The van der Waals surface area contributed by atoms with Crippen LogP contribution in [0.15, 0.2) is 18.2 Å². The van der Waals surface area contributed by atoms with Gasteiger partial charge in [-0.25, -0.2) is 0 Å². The average Bonchev–Trinajstić information content (AvgIpc) is 2.47. The Kier molecular flexibility index (Phi) is 4.44. The van der Waals surface area contributed by atoms with Gasteiger partial charge in [0.1, 0.15) is 11.9 Å². The first kappa shape index (κ1) is 14.4. The molecule has 21 heavy (non-hydrogen) atoms. The van der Waals surface area contributed by atoms with Crippen molar-refractivity contribution in [3.8, 4) is 5.75 Å². The molecule has 4 heteroatoms. The topological polar surface area (TPSA) is 58.6 Å². The summed E-state index contributed by atoms with van der Waals surface area (Å²) in [7, 11) is 0. The number of benzene rings is 1. The van der Waals surface area contributed by atoms with Gasteiger partial charge in [0, 0.05) is 12.1 Å². The number of fused-ring (bicyclic) bond motifs is 1. The SMILES string of the molecule is O=C1CCc2cc(OC3CCCCCCC3O)ccc2N1. The van der Waals surface area contributed by atoms with E-state index < -0.39 is 0 Å². The highest BCUT2D eigenvalue weighted by Crippen LogP contribution is 2.29. The number of aryl methyl sites for hydroxylation is 1. The zero-order valence-electron chi connectivity index (χ0n) is 12.3. The zero-order chi connectivity index (χ0) is 14.7. The summed E-state index contributed by atoms with van der Waals surface area (Å²) in [4.78, 5) is 11.4. The summed E-state index contributed by atoms with van der Waals surface area (Å²) in [6.45, 7) is 0. The van der Waals surface area contributed by atoms with Gasteiger partial charge in [-0.05, 0) is 49.4 Å². The minimum Gasteiger partial charge on any atom is -0.488 e. The molecular formula is C17H23NO3. The molecule has 1 aromatic rings. The van der Waals surface area contributed by atoms with E-state index in [-0.39, 0.29) is 18.1 Å². The van der Waals surface area contributed by atoms with Crippen molar-refractivity contribution in [2.24, 2.45) is 0 Å². The zero-order valence-corrected chi connectivity index (χ0v) is 12.3. The summed E-state index contributed by atoms with van der Waals surface area (Å²) in [5.74, 6) is 0.876. The number of aliphatic hydroxyl groups excluding tert-OH is 1. The second-order valence-corrected chi connectivity index (χ2v) is 6.08. The van der Waals surface area contributed by atoms with Crippen molar-refractivity contribution in [1.82, 2.24) is 0 Å². The summed E-state index contributed by atoms with van der Waals surface area (Å²) < 4.78 is 6.03. The molecule has 1 heterocycles. The smallest absolute Gasteiger partial charge is 0.224 e. The van der Waals surface area contributed by atoms with Gasteiger partial charge < -0.3 is 15.2 Å². The number of ether oxygens (including phenoxy) is 1. The molecule has 0 radical (unpaired) electrons. The molecule has 1 aliphatic heterocycles. The molecule has 1 fully saturated rings. The van der Waals surface area contributed by atoms with Crippen LogP contribution >= 0.6 is 0 Å². The molecule has 114 valence electrons. The van der Waals surface area contributed by atoms with Crippen LogP contribution in [-0.2, 0) is 11.2 Å². The molecule has 0 bridgehead atoms. The number of hydrogen-bond donors (Lipinski definition) is 2. The summed E-state index contributed by atoms with van der Waals surface area (Å²) >= 11 is 0. The van der Waals surface area contributed by atoms with E-state index in [0.29, 0.717) is 6.42 Å². The van der Waals surface area contributed by atoms with E-state index >= 15 is 0 Å². The Morgan fingerprint density at radius 1 is 1.10 bits per heavy atom. The van der Waals surface area contributed by atoms with Gasteiger partial charge in [-0.3, -0.25) is 4.79 Å². The van der Waals surface area contributed by atoms with E-state index in [9.17, 15) is 9.90 Å². The third kappa shape index (κ3) is 3.56. The highest BCUT2D eigenvalue weighted by molar-refractivity contribution is 5.93. The molecule has 2 unspecified atom stereocenters. The Balaban J connectivity index is 1.70. The number of nitrogens with one attached hydrogen (secondary N) is 1. The van der Waals surface area contributed by atoms with Crippen LogP contribution in [-0.4, -0.2) is 23.2 Å². The van der Waals surface area contributed by atoms with Crippen LogP contribution in [0.3, 0.4) is 0 Å². The molecule has 2 N–H and O–H groups in total. The van der Waals surface area contributed by atoms with Gasteiger partial charge in [0.2, 0.25) is 5.91 Å². The van der Waals surface area contributed by atoms with Crippen LogP contribution in [0.2, 0.25) is 0 Å². The highest BCUT2D eigenvalue weighted by Gasteiger charge is 2.23. The number of carbonyl (C=O) groups excluding carboxylic acids is 1. The van der Waals surface area contributed by atoms with Crippen LogP contribution in [0.25, 0.3) is 0 Å². The maximum absolute atomic E-state index is 11.4. The van der Waals surface area contributed by atoms with E-state index in [1.807, 2.05) is 18.2 Å². The molecule has 2 atom stereocenters. The maximum atomic E-state index is 11.4. The Hall–Kier alpha value is -1.55. The molecule has 3 rings (SSSR count). The van der Waals surface area contributed by atoms with Crippen molar-refractivity contribution >= 4 is 11.6 Å². The fraction of sp³-hybridized carbons (Fsp3) is 0.588. The third-order valence-electron chi connectivity index (χ3n) is 4.43. The first-order valence-corrected chi connectivity index (χ1v) is 8.00. The van der Waals surface area contributed by atoms with Crippen LogP contribution < -0.4 is 10.1 Å². The van der Waals surface area contributed by atoms with Crippen LogP contribution in [0.5, 0.6) is 5.75 Å². The van der Waals surface area contributed by atoms with E-state index in [1.165, 1.54) is 12.8 Å². The minimum absolute atomic E-state index is 0.0756. The second kappa shape index (κ2) is 6.48. The second-order valence-electron chi connectivity index (χ2n) is 6.08. The van der Waals surface area contributed by atoms with Gasteiger partial charge in [0.05, 0.1) is 6.10 Å². The molecule has 1 aliphatic carbocycles. The normalized spacial score (nSPS) is 26.2. The van der Waals surface area contributed by atoms with Gasteiger partial charge in [-0.15, -0.1) is 0 Å². The van der Waals surface area contributed by atoms with Crippen molar-refractivity contribution in [2.45, 2.75) is 63.6 Å². The lowest BCUT2D eigenvalue weighted by Gasteiger charge is -2.27. The predicted molar refractivity (Wildman–Crippen MR) is 81.5 cm³/mol. The molecule has 0 aromatic heterocycles. The summed E-state index contributed by atoms with van der Waals surface area (Å²) in [5, 5.41) is 13.1. The van der Waals surface area contributed by atoms with Crippen molar-refractivity contribution in [3.05, 3.63) is 23.8 Å². The first-order chi connectivity index (χ1) is 10.2. The number of carbonyl (C=O) groups is 1. The largest absolute Gasteiger partial charge is 0.488 e. The van der Waals surface area contributed by atoms with E-state index in [0.717, 1.165) is 49.1 Å². The van der Waals surface area contributed by atoms with Crippen molar-refractivity contribution in [2.75, 3.05) is 5.32 Å². The fourth-order valence-corrected chi connectivity index (χ4v) is 3.18. The third-order valence-corrected chi connectivity index (χ3v) is 4.43. The number of rotatable bonds is 2. The standard InChI is InChI=1S/C17H23NO3/c19-15-5-3-1-2-4-6-16(15)21-13-8-9-14-12(11-13)7-10-17(20)18-14/h8-9,11,15-16,19H,1-7,10H2,(H,18,20). The van der Waals surface area contributed by atoms with Gasteiger partial charge in [0.25, 0.3) is 0 Å².